The molecule has 0 unspecified atom stereocenters. The van der Waals surface area contributed by atoms with E-state index in [2.05, 4.69) is 31.8 Å². The van der Waals surface area contributed by atoms with Gasteiger partial charge in [-0.25, -0.2) is 4.98 Å². The average molecular weight is 382 g/mol. The molecule has 0 radical (unpaired) electrons. The molecule has 10 nitrogen and oxygen atoms in total. The summed E-state index contributed by atoms with van der Waals surface area (Å²) in [6.45, 7) is 2.72. The van der Waals surface area contributed by atoms with Crippen LogP contribution in [0.3, 0.4) is 0 Å². The monoisotopic (exact) mass is 382 g/mol. The van der Waals surface area contributed by atoms with E-state index in [0.717, 1.165) is 18.7 Å². The minimum Gasteiger partial charge on any atom is -0.369 e. The molecule has 6 N–H and O–H groups in total. The van der Waals surface area contributed by atoms with Gasteiger partial charge in [0.15, 0.2) is 0 Å². The van der Waals surface area contributed by atoms with Gasteiger partial charge in [-0.3, -0.25) is 14.3 Å². The van der Waals surface area contributed by atoms with Gasteiger partial charge in [0.2, 0.25) is 11.9 Å². The van der Waals surface area contributed by atoms with Gasteiger partial charge in [0.1, 0.15) is 5.82 Å². The largest absolute Gasteiger partial charge is 0.369 e. The van der Waals surface area contributed by atoms with E-state index in [4.69, 9.17) is 11.5 Å². The number of nitrogens with one attached hydrogen (secondary N) is 2. The number of allylic oxidation sites excluding steroid dienone is 1. The Morgan fingerprint density at radius 1 is 1.25 bits per heavy atom. The maximum Gasteiger partial charge on any atom is 0.254 e. The van der Waals surface area contributed by atoms with Crippen molar-refractivity contribution in [1.29, 1.82) is 0 Å². The Balaban J connectivity index is 1.62. The van der Waals surface area contributed by atoms with E-state index in [9.17, 15) is 9.59 Å². The fourth-order valence-electron chi connectivity index (χ4n) is 4.03. The van der Waals surface area contributed by atoms with Crippen molar-refractivity contribution in [2.75, 3.05) is 10.6 Å². The van der Waals surface area contributed by atoms with E-state index in [-0.39, 0.29) is 47.0 Å². The molecule has 0 aromatic carbocycles. The predicted molar refractivity (Wildman–Crippen MR) is 103 cm³/mol. The first kappa shape index (κ1) is 18.0. The molecule has 0 saturated heterocycles. The van der Waals surface area contributed by atoms with Crippen LogP contribution in [0.5, 0.6) is 0 Å². The van der Waals surface area contributed by atoms with Gasteiger partial charge >= 0.3 is 0 Å². The zero-order valence-electron chi connectivity index (χ0n) is 15.4. The number of nitrogens with zero attached hydrogens (tertiary/aromatic N) is 4. The fourth-order valence-corrected chi connectivity index (χ4v) is 4.03. The molecule has 2 aromatic rings. The number of amides is 2. The quantitative estimate of drug-likeness (QED) is 0.512. The van der Waals surface area contributed by atoms with Crippen molar-refractivity contribution in [3.8, 4) is 0 Å². The lowest BCUT2D eigenvalue weighted by Crippen LogP contribution is -2.41. The molecule has 2 aliphatic rings. The zero-order valence-corrected chi connectivity index (χ0v) is 15.4. The summed E-state index contributed by atoms with van der Waals surface area (Å²) in [5, 5.41) is 10.5. The number of aromatic nitrogens is 4. The highest BCUT2D eigenvalue weighted by molar-refractivity contribution is 5.97. The summed E-state index contributed by atoms with van der Waals surface area (Å²) in [5.74, 6) is -0.544. The number of fused-ring (bicyclic) bond motifs is 2. The van der Waals surface area contributed by atoms with E-state index < -0.39 is 5.91 Å². The third kappa shape index (κ3) is 3.17. The standard InChI is InChI=1S/C18H22N8O2/c1-2-26-8-11(6-22-26)23-18-21-7-12(15(19)27)17(25-18)24-14-10-4-3-9(5-10)13(14)16(20)28/h3-4,6-10,13-14H,2,5H2,1H3,(H2,19,27)(H2,20,28)(H2,21,23,24,25)/t9-,10-,13-,14+/m1/s1. The Labute approximate surface area is 161 Å². The molecule has 2 bridgehead atoms. The molecule has 2 heterocycles. The maximum absolute atomic E-state index is 12.0. The molecule has 0 aliphatic heterocycles. The topological polar surface area (TPSA) is 154 Å². The van der Waals surface area contributed by atoms with Crippen molar-refractivity contribution in [2.24, 2.45) is 29.2 Å². The van der Waals surface area contributed by atoms with E-state index in [1.807, 2.05) is 19.2 Å². The third-order valence-corrected chi connectivity index (χ3v) is 5.36. The van der Waals surface area contributed by atoms with Gasteiger partial charge in [0.25, 0.3) is 5.91 Å². The first-order valence-electron chi connectivity index (χ1n) is 9.16. The Hall–Kier alpha value is -3.43. The van der Waals surface area contributed by atoms with Crippen LogP contribution in [0.25, 0.3) is 0 Å². The van der Waals surface area contributed by atoms with Crippen molar-refractivity contribution in [3.05, 3.63) is 36.3 Å². The molecule has 4 rings (SSSR count). The number of hydrogen-bond acceptors (Lipinski definition) is 7. The number of nitrogens with two attached hydrogens (primary N) is 2. The number of carbonyl (C=O) groups is 2. The number of anilines is 3. The first-order valence-corrected chi connectivity index (χ1v) is 9.16. The summed E-state index contributed by atoms with van der Waals surface area (Å²) in [5.41, 5.74) is 12.0. The third-order valence-electron chi connectivity index (χ3n) is 5.36. The van der Waals surface area contributed by atoms with Crippen molar-refractivity contribution in [2.45, 2.75) is 25.9 Å². The minimum atomic E-state index is -0.651. The number of primary amides is 2. The first-order chi connectivity index (χ1) is 13.5. The van der Waals surface area contributed by atoms with Crippen molar-refractivity contribution >= 4 is 29.3 Å². The summed E-state index contributed by atoms with van der Waals surface area (Å²) in [7, 11) is 0. The van der Waals surface area contributed by atoms with Crippen LogP contribution in [-0.2, 0) is 11.3 Å². The molecule has 10 heteroatoms. The lowest BCUT2D eigenvalue weighted by Gasteiger charge is -2.27. The number of rotatable bonds is 7. The summed E-state index contributed by atoms with van der Waals surface area (Å²) in [6.07, 6.45) is 9.81. The van der Waals surface area contributed by atoms with Crippen LogP contribution in [-0.4, -0.2) is 37.6 Å². The molecule has 1 saturated carbocycles. The van der Waals surface area contributed by atoms with Crippen LogP contribution >= 0.6 is 0 Å². The average Bonchev–Trinajstić information content (AvgIpc) is 3.37. The summed E-state index contributed by atoms with van der Waals surface area (Å²) >= 11 is 0. The van der Waals surface area contributed by atoms with Gasteiger partial charge in [0.05, 0.1) is 23.4 Å². The lowest BCUT2D eigenvalue weighted by atomic mass is 9.88. The lowest BCUT2D eigenvalue weighted by molar-refractivity contribution is -0.122. The van der Waals surface area contributed by atoms with E-state index in [1.54, 1.807) is 10.9 Å². The molecule has 1 fully saturated rings. The molecule has 4 atom stereocenters. The second-order valence-electron chi connectivity index (χ2n) is 7.08. The Morgan fingerprint density at radius 2 is 2.04 bits per heavy atom. The molecule has 2 aliphatic carbocycles. The SMILES string of the molecule is CCn1cc(Nc2ncc(C(N)=O)c(N[C@@H]3[C@H](C(N)=O)[C@@H]4C=C[C@@H]3C4)n2)cn1. The highest BCUT2D eigenvalue weighted by Crippen LogP contribution is 2.45. The normalized spacial score (nSPS) is 25.0. The number of hydrogen-bond donors (Lipinski definition) is 4. The van der Waals surface area contributed by atoms with E-state index >= 15 is 0 Å². The van der Waals surface area contributed by atoms with Gasteiger partial charge in [-0.2, -0.15) is 10.1 Å². The molecule has 2 amide bonds. The van der Waals surface area contributed by atoms with Crippen molar-refractivity contribution in [1.82, 2.24) is 19.7 Å². The molecule has 2 aromatic heterocycles. The van der Waals surface area contributed by atoms with Crippen LogP contribution in [0, 0.1) is 17.8 Å². The molecule has 28 heavy (non-hydrogen) atoms. The van der Waals surface area contributed by atoms with Crippen molar-refractivity contribution < 1.29 is 9.59 Å². The van der Waals surface area contributed by atoms with Crippen LogP contribution in [0.1, 0.15) is 23.7 Å². The van der Waals surface area contributed by atoms with Gasteiger partial charge < -0.3 is 22.1 Å². The van der Waals surface area contributed by atoms with Gasteiger partial charge in [-0.05, 0) is 25.2 Å². The molecule has 0 spiro atoms. The minimum absolute atomic E-state index is 0.108. The summed E-state index contributed by atoms with van der Waals surface area (Å²) in [4.78, 5) is 32.4. The molecular formula is C18H22N8O2. The van der Waals surface area contributed by atoms with Crippen LogP contribution in [0.2, 0.25) is 0 Å². The Bertz CT molecular complexity index is 953. The van der Waals surface area contributed by atoms with Crippen LogP contribution in [0.4, 0.5) is 17.5 Å². The Morgan fingerprint density at radius 3 is 2.71 bits per heavy atom. The fraction of sp³-hybridized carbons (Fsp3) is 0.389. The van der Waals surface area contributed by atoms with Gasteiger partial charge in [-0.15, -0.1) is 0 Å². The molecular weight excluding hydrogens is 360 g/mol. The van der Waals surface area contributed by atoms with Gasteiger partial charge in [0, 0.05) is 25.0 Å². The highest BCUT2D eigenvalue weighted by Gasteiger charge is 2.47. The van der Waals surface area contributed by atoms with E-state index in [1.165, 1.54) is 6.20 Å². The van der Waals surface area contributed by atoms with Crippen molar-refractivity contribution in [3.63, 3.8) is 0 Å². The number of carbonyl (C=O) groups excluding carboxylic acids is 2. The predicted octanol–water partition coefficient (Wildman–Crippen LogP) is 0.623. The smallest absolute Gasteiger partial charge is 0.254 e. The summed E-state index contributed by atoms with van der Waals surface area (Å²) < 4.78 is 1.76. The second kappa shape index (κ2) is 6.95. The highest BCUT2D eigenvalue weighted by atomic mass is 16.1. The zero-order chi connectivity index (χ0) is 19.8. The van der Waals surface area contributed by atoms with Gasteiger partial charge in [-0.1, -0.05) is 12.2 Å². The summed E-state index contributed by atoms with van der Waals surface area (Å²) in [6, 6.07) is -0.240. The maximum atomic E-state index is 12.0. The van der Waals surface area contributed by atoms with Crippen LogP contribution < -0.4 is 22.1 Å². The Kier molecular flexibility index (Phi) is 4.46. The molecule has 146 valence electrons. The van der Waals surface area contributed by atoms with E-state index in [0.29, 0.717) is 0 Å². The van der Waals surface area contributed by atoms with Crippen LogP contribution in [0.15, 0.2) is 30.7 Å². The number of aryl methyl sites for hydroxylation is 1. The second-order valence-corrected chi connectivity index (χ2v) is 7.08.